The fourth-order valence-corrected chi connectivity index (χ4v) is 4.51. The summed E-state index contributed by atoms with van der Waals surface area (Å²) in [4.78, 5) is 0. The Morgan fingerprint density at radius 2 is 2.09 bits per heavy atom. The summed E-state index contributed by atoms with van der Waals surface area (Å²) >= 11 is 5.88. The highest BCUT2D eigenvalue weighted by atomic mass is 35.5. The van der Waals surface area contributed by atoms with Crippen LogP contribution in [0, 0.1) is 6.92 Å². The third-order valence-electron chi connectivity index (χ3n) is 3.80. The Morgan fingerprint density at radius 3 is 2.73 bits per heavy atom. The molecular formula is C15H18ClN3O2S. The Morgan fingerprint density at radius 1 is 1.36 bits per heavy atom. The lowest BCUT2D eigenvalue weighted by Gasteiger charge is -2.14. The summed E-state index contributed by atoms with van der Waals surface area (Å²) < 4.78 is 25.2. The molecule has 1 atom stereocenters. The van der Waals surface area contributed by atoms with Gasteiger partial charge >= 0.3 is 0 Å². The zero-order chi connectivity index (χ0) is 15.7. The van der Waals surface area contributed by atoms with Gasteiger partial charge in [-0.2, -0.15) is 5.10 Å². The Kier molecular flexibility index (Phi) is 4.14. The second-order valence-electron chi connectivity index (χ2n) is 5.65. The average Bonchev–Trinajstić information content (AvgIpc) is 3.00. The lowest BCUT2D eigenvalue weighted by atomic mass is 10.2. The van der Waals surface area contributed by atoms with E-state index in [-0.39, 0.29) is 17.5 Å². The number of hydrogen-bond acceptors (Lipinski definition) is 4. The molecule has 2 aromatic rings. The van der Waals surface area contributed by atoms with Crippen molar-refractivity contribution < 1.29 is 8.42 Å². The van der Waals surface area contributed by atoms with Crippen LogP contribution in [0.5, 0.6) is 0 Å². The van der Waals surface area contributed by atoms with E-state index in [1.807, 2.05) is 41.9 Å². The first kappa shape index (κ1) is 15.4. The van der Waals surface area contributed by atoms with Crippen molar-refractivity contribution in [1.82, 2.24) is 9.78 Å². The van der Waals surface area contributed by atoms with Gasteiger partial charge in [0.2, 0.25) is 0 Å². The van der Waals surface area contributed by atoms with Gasteiger partial charge in [0.1, 0.15) is 5.82 Å². The number of rotatable bonds is 4. The zero-order valence-electron chi connectivity index (χ0n) is 12.3. The van der Waals surface area contributed by atoms with Crippen LogP contribution in [0.2, 0.25) is 5.02 Å². The van der Waals surface area contributed by atoms with Crippen LogP contribution in [0.1, 0.15) is 23.7 Å². The Bertz CT molecular complexity index is 769. The highest BCUT2D eigenvalue weighted by molar-refractivity contribution is 7.91. The van der Waals surface area contributed by atoms with E-state index in [0.717, 1.165) is 17.1 Å². The molecule has 1 aromatic carbocycles. The molecule has 1 fully saturated rings. The molecule has 1 unspecified atom stereocenters. The van der Waals surface area contributed by atoms with Crippen molar-refractivity contribution in [2.45, 2.75) is 25.9 Å². The molecule has 1 saturated heterocycles. The van der Waals surface area contributed by atoms with E-state index >= 15 is 0 Å². The SMILES string of the molecule is Cc1cc(NCc2ccc(Cl)cc2)n(C2CCS(=O)(=O)C2)n1. The molecule has 0 saturated carbocycles. The van der Waals surface area contributed by atoms with E-state index in [1.54, 1.807) is 0 Å². The second-order valence-corrected chi connectivity index (χ2v) is 8.32. The molecule has 0 bridgehead atoms. The predicted octanol–water partition coefficient (Wildman–Crippen LogP) is 2.82. The van der Waals surface area contributed by atoms with Gasteiger partial charge in [-0.05, 0) is 31.0 Å². The standard InChI is InChI=1S/C15H18ClN3O2S/c1-11-8-15(17-9-12-2-4-13(16)5-3-12)19(18-11)14-6-7-22(20,21)10-14/h2-5,8,14,17H,6-7,9-10H2,1H3. The van der Waals surface area contributed by atoms with E-state index in [1.165, 1.54) is 0 Å². The van der Waals surface area contributed by atoms with E-state index in [4.69, 9.17) is 11.6 Å². The van der Waals surface area contributed by atoms with Crippen LogP contribution >= 0.6 is 11.6 Å². The van der Waals surface area contributed by atoms with E-state index in [0.29, 0.717) is 18.0 Å². The lowest BCUT2D eigenvalue weighted by molar-refractivity contribution is 0.501. The molecule has 0 aliphatic carbocycles. The number of nitrogens with one attached hydrogen (secondary N) is 1. The van der Waals surface area contributed by atoms with Gasteiger partial charge in [-0.15, -0.1) is 0 Å². The lowest BCUT2D eigenvalue weighted by Crippen LogP contribution is -2.15. The first-order chi connectivity index (χ1) is 10.4. The Balaban J connectivity index is 1.75. The second kappa shape index (κ2) is 5.93. The van der Waals surface area contributed by atoms with Gasteiger partial charge in [0.25, 0.3) is 0 Å². The normalized spacial score (nSPS) is 20.2. The van der Waals surface area contributed by atoms with Gasteiger partial charge in [-0.25, -0.2) is 13.1 Å². The van der Waals surface area contributed by atoms with Gasteiger partial charge < -0.3 is 5.32 Å². The summed E-state index contributed by atoms with van der Waals surface area (Å²) in [5.41, 5.74) is 1.98. The minimum Gasteiger partial charge on any atom is -0.366 e. The van der Waals surface area contributed by atoms with Gasteiger partial charge in [-0.1, -0.05) is 23.7 Å². The quantitative estimate of drug-likeness (QED) is 0.930. The van der Waals surface area contributed by atoms with Crippen LogP contribution < -0.4 is 5.32 Å². The van der Waals surface area contributed by atoms with Crippen molar-refractivity contribution >= 4 is 27.3 Å². The third kappa shape index (κ3) is 3.44. The van der Waals surface area contributed by atoms with Crippen molar-refractivity contribution in [2.24, 2.45) is 0 Å². The molecule has 22 heavy (non-hydrogen) atoms. The number of halogens is 1. The molecule has 0 radical (unpaired) electrons. The molecule has 3 rings (SSSR count). The van der Waals surface area contributed by atoms with Crippen LogP contribution in [0.3, 0.4) is 0 Å². The fraction of sp³-hybridized carbons (Fsp3) is 0.400. The maximum absolute atomic E-state index is 11.7. The maximum Gasteiger partial charge on any atom is 0.152 e. The molecule has 2 heterocycles. The van der Waals surface area contributed by atoms with Crippen molar-refractivity contribution in [3.63, 3.8) is 0 Å². The number of sulfone groups is 1. The Hall–Kier alpha value is -1.53. The molecule has 1 aromatic heterocycles. The van der Waals surface area contributed by atoms with Crippen molar-refractivity contribution in [3.05, 3.63) is 46.6 Å². The first-order valence-corrected chi connectivity index (χ1v) is 9.38. The highest BCUT2D eigenvalue weighted by Gasteiger charge is 2.31. The van der Waals surface area contributed by atoms with Crippen molar-refractivity contribution in [1.29, 1.82) is 0 Å². The Labute approximate surface area is 135 Å². The van der Waals surface area contributed by atoms with E-state index in [2.05, 4.69) is 10.4 Å². The van der Waals surface area contributed by atoms with Gasteiger partial charge in [0.15, 0.2) is 9.84 Å². The van der Waals surface area contributed by atoms with E-state index < -0.39 is 9.84 Å². The topological polar surface area (TPSA) is 64.0 Å². The highest BCUT2D eigenvalue weighted by Crippen LogP contribution is 2.27. The van der Waals surface area contributed by atoms with Crippen LogP contribution in [0.15, 0.2) is 30.3 Å². The van der Waals surface area contributed by atoms with Gasteiger partial charge in [0.05, 0.1) is 23.2 Å². The molecule has 1 N–H and O–H groups in total. The summed E-state index contributed by atoms with van der Waals surface area (Å²) in [6.45, 7) is 2.55. The smallest absolute Gasteiger partial charge is 0.152 e. The third-order valence-corrected chi connectivity index (χ3v) is 5.80. The molecule has 1 aliphatic rings. The summed E-state index contributed by atoms with van der Waals surface area (Å²) in [7, 11) is -2.93. The predicted molar refractivity (Wildman–Crippen MR) is 88.1 cm³/mol. The van der Waals surface area contributed by atoms with E-state index in [9.17, 15) is 8.42 Å². The molecule has 1 aliphatic heterocycles. The summed E-state index contributed by atoms with van der Waals surface area (Å²) in [6, 6.07) is 9.49. The number of aryl methyl sites for hydroxylation is 1. The number of nitrogens with zero attached hydrogens (tertiary/aromatic N) is 2. The monoisotopic (exact) mass is 339 g/mol. The summed E-state index contributed by atoms with van der Waals surface area (Å²) in [5.74, 6) is 1.27. The van der Waals surface area contributed by atoms with Gasteiger partial charge in [0, 0.05) is 17.6 Å². The minimum absolute atomic E-state index is 0.0774. The largest absolute Gasteiger partial charge is 0.366 e. The van der Waals surface area contributed by atoms with Crippen LogP contribution in [0.25, 0.3) is 0 Å². The van der Waals surface area contributed by atoms with Gasteiger partial charge in [-0.3, -0.25) is 0 Å². The zero-order valence-corrected chi connectivity index (χ0v) is 13.9. The van der Waals surface area contributed by atoms with Crippen molar-refractivity contribution in [2.75, 3.05) is 16.8 Å². The number of aromatic nitrogens is 2. The first-order valence-electron chi connectivity index (χ1n) is 7.18. The summed E-state index contributed by atoms with van der Waals surface area (Å²) in [6.07, 6.45) is 0.624. The molecule has 0 spiro atoms. The minimum atomic E-state index is -2.93. The van der Waals surface area contributed by atoms with Crippen LogP contribution in [0.4, 0.5) is 5.82 Å². The summed E-state index contributed by atoms with van der Waals surface area (Å²) in [5, 5.41) is 8.50. The average molecular weight is 340 g/mol. The molecule has 118 valence electrons. The maximum atomic E-state index is 11.7. The van der Waals surface area contributed by atoms with Crippen LogP contribution in [-0.4, -0.2) is 29.7 Å². The van der Waals surface area contributed by atoms with Crippen LogP contribution in [-0.2, 0) is 16.4 Å². The molecular weight excluding hydrogens is 322 g/mol. The fourth-order valence-electron chi connectivity index (χ4n) is 2.69. The van der Waals surface area contributed by atoms with Crippen molar-refractivity contribution in [3.8, 4) is 0 Å². The molecule has 5 nitrogen and oxygen atoms in total. The molecule has 7 heteroatoms. The molecule has 0 amide bonds. The number of anilines is 1. The number of benzene rings is 1. The number of hydrogen-bond donors (Lipinski definition) is 1.